The summed E-state index contributed by atoms with van der Waals surface area (Å²) >= 11 is 1.75. The second kappa shape index (κ2) is 7.16. The maximum absolute atomic E-state index is 11.5. The molecule has 0 saturated carbocycles. The molecule has 0 radical (unpaired) electrons. The summed E-state index contributed by atoms with van der Waals surface area (Å²) in [6, 6.07) is 3.82. The second-order valence-electron chi connectivity index (χ2n) is 7.14. The van der Waals surface area contributed by atoms with Crippen LogP contribution in [0.1, 0.15) is 30.2 Å². The number of hydrogen-bond acceptors (Lipinski definition) is 7. The minimum absolute atomic E-state index is 0.00322. The van der Waals surface area contributed by atoms with Crippen LogP contribution in [0.3, 0.4) is 0 Å². The maximum atomic E-state index is 11.5. The van der Waals surface area contributed by atoms with Crippen molar-refractivity contribution in [1.82, 2.24) is 15.0 Å². The van der Waals surface area contributed by atoms with E-state index in [0.717, 1.165) is 34.4 Å². The number of thiophene rings is 1. The Labute approximate surface area is 163 Å². The van der Waals surface area contributed by atoms with Gasteiger partial charge in [-0.05, 0) is 50.3 Å². The lowest BCUT2D eigenvalue weighted by molar-refractivity contribution is 0.595. The van der Waals surface area contributed by atoms with Gasteiger partial charge in [-0.3, -0.25) is 4.98 Å². The van der Waals surface area contributed by atoms with E-state index in [1.54, 1.807) is 23.7 Å². The van der Waals surface area contributed by atoms with Gasteiger partial charge in [0.1, 0.15) is 20.5 Å². The quantitative estimate of drug-likeness (QED) is 0.679. The topological polar surface area (TPSA) is 84.8 Å². The summed E-state index contributed by atoms with van der Waals surface area (Å²) in [5, 5.41) is 4.56. The van der Waals surface area contributed by atoms with E-state index < -0.39 is 9.84 Å². The number of nitrogens with one attached hydrogen (secondary N) is 1. The molecule has 6 nitrogen and oxygen atoms in total. The van der Waals surface area contributed by atoms with Crippen LogP contribution >= 0.6 is 11.3 Å². The monoisotopic (exact) mass is 402 g/mol. The fraction of sp³-hybridized carbons (Fsp3) is 0.421. The molecule has 27 heavy (non-hydrogen) atoms. The van der Waals surface area contributed by atoms with Gasteiger partial charge in [0.2, 0.25) is 0 Å². The minimum atomic E-state index is -2.98. The number of aromatic nitrogens is 3. The number of rotatable bonds is 6. The van der Waals surface area contributed by atoms with Crippen molar-refractivity contribution >= 4 is 37.2 Å². The zero-order chi connectivity index (χ0) is 19.0. The van der Waals surface area contributed by atoms with E-state index in [1.807, 2.05) is 19.1 Å². The SMILES string of the molecule is CC(CCS(C)(=O)=O)Nc1nc(-c2cccnc2)nc2sc3c(c12)CCC3. The van der Waals surface area contributed by atoms with Crippen LogP contribution in [-0.4, -0.2) is 41.4 Å². The van der Waals surface area contributed by atoms with E-state index in [0.29, 0.717) is 12.2 Å². The lowest BCUT2D eigenvalue weighted by atomic mass is 10.1. The van der Waals surface area contributed by atoms with Gasteiger partial charge in [0, 0.05) is 35.1 Å². The van der Waals surface area contributed by atoms with Crippen molar-refractivity contribution in [3.05, 3.63) is 35.0 Å². The molecule has 142 valence electrons. The van der Waals surface area contributed by atoms with Gasteiger partial charge >= 0.3 is 0 Å². The van der Waals surface area contributed by atoms with Crippen molar-refractivity contribution in [1.29, 1.82) is 0 Å². The van der Waals surface area contributed by atoms with E-state index in [2.05, 4.69) is 10.3 Å². The van der Waals surface area contributed by atoms with Gasteiger partial charge in [-0.2, -0.15) is 0 Å². The molecular formula is C19H22N4O2S2. The second-order valence-corrected chi connectivity index (χ2v) is 10.5. The number of fused-ring (bicyclic) bond motifs is 3. The minimum Gasteiger partial charge on any atom is -0.367 e. The van der Waals surface area contributed by atoms with Crippen LogP contribution in [0, 0.1) is 0 Å². The third-order valence-electron chi connectivity index (χ3n) is 4.79. The predicted octanol–water partition coefficient (Wildman–Crippen LogP) is 3.48. The van der Waals surface area contributed by atoms with Gasteiger partial charge in [-0.1, -0.05) is 0 Å². The summed E-state index contributed by atoms with van der Waals surface area (Å²) < 4.78 is 23.0. The van der Waals surface area contributed by atoms with Crippen LogP contribution in [0.4, 0.5) is 5.82 Å². The summed E-state index contributed by atoms with van der Waals surface area (Å²) in [5.41, 5.74) is 2.23. The molecule has 0 aromatic carbocycles. The average Bonchev–Trinajstić information content (AvgIpc) is 3.20. The molecule has 1 atom stereocenters. The highest BCUT2D eigenvalue weighted by molar-refractivity contribution is 7.90. The molecule has 0 fully saturated rings. The Morgan fingerprint density at radius 1 is 1.30 bits per heavy atom. The largest absolute Gasteiger partial charge is 0.367 e. The summed E-state index contributed by atoms with van der Waals surface area (Å²) in [6.45, 7) is 2.00. The number of sulfone groups is 1. The molecule has 3 aromatic rings. The van der Waals surface area contributed by atoms with Crippen LogP contribution in [0.15, 0.2) is 24.5 Å². The summed E-state index contributed by atoms with van der Waals surface area (Å²) in [7, 11) is -2.98. The maximum Gasteiger partial charge on any atom is 0.164 e. The van der Waals surface area contributed by atoms with E-state index in [9.17, 15) is 8.42 Å². The zero-order valence-corrected chi connectivity index (χ0v) is 17.0. The first-order chi connectivity index (χ1) is 12.9. The molecular weight excluding hydrogens is 380 g/mol. The first-order valence-electron chi connectivity index (χ1n) is 9.07. The first kappa shape index (κ1) is 18.3. The highest BCUT2D eigenvalue weighted by Crippen LogP contribution is 2.40. The van der Waals surface area contributed by atoms with E-state index in [1.165, 1.54) is 23.1 Å². The van der Waals surface area contributed by atoms with Crippen LogP contribution in [0.2, 0.25) is 0 Å². The molecule has 0 saturated heterocycles. The summed E-state index contributed by atoms with van der Waals surface area (Å²) in [4.78, 5) is 16.2. The van der Waals surface area contributed by atoms with Gasteiger partial charge in [-0.25, -0.2) is 18.4 Å². The van der Waals surface area contributed by atoms with Crippen molar-refractivity contribution < 1.29 is 8.42 Å². The standard InChI is InChI=1S/C19H22N4O2S2/c1-12(8-10-27(2,24)25)21-18-16-14-6-3-7-15(14)26-19(16)23-17(22-18)13-5-4-9-20-11-13/h4-5,9,11-12H,3,6-8,10H2,1-2H3,(H,21,22,23). The molecule has 1 aliphatic rings. The fourth-order valence-electron chi connectivity index (χ4n) is 3.42. The fourth-order valence-corrected chi connectivity index (χ4v) is 5.46. The number of pyridine rings is 1. The van der Waals surface area contributed by atoms with E-state index in [4.69, 9.17) is 9.97 Å². The van der Waals surface area contributed by atoms with Crippen LogP contribution < -0.4 is 5.32 Å². The smallest absolute Gasteiger partial charge is 0.164 e. The third-order valence-corrected chi connectivity index (χ3v) is 6.95. The van der Waals surface area contributed by atoms with Gasteiger partial charge in [-0.15, -0.1) is 11.3 Å². The molecule has 3 aromatic heterocycles. The van der Waals surface area contributed by atoms with Crippen LogP contribution in [0.5, 0.6) is 0 Å². The molecule has 1 unspecified atom stereocenters. The number of anilines is 1. The Balaban J connectivity index is 1.74. The van der Waals surface area contributed by atoms with E-state index >= 15 is 0 Å². The molecule has 1 aliphatic carbocycles. The van der Waals surface area contributed by atoms with Crippen molar-refractivity contribution in [2.45, 2.75) is 38.6 Å². The Kier molecular flexibility index (Phi) is 4.86. The van der Waals surface area contributed by atoms with Gasteiger partial charge in [0.05, 0.1) is 11.1 Å². The number of hydrogen-bond donors (Lipinski definition) is 1. The predicted molar refractivity (Wildman–Crippen MR) is 110 cm³/mol. The van der Waals surface area contributed by atoms with Crippen LogP contribution in [-0.2, 0) is 22.7 Å². The van der Waals surface area contributed by atoms with Crippen molar-refractivity contribution in [2.75, 3.05) is 17.3 Å². The highest BCUT2D eigenvalue weighted by atomic mass is 32.2. The van der Waals surface area contributed by atoms with Gasteiger partial charge in [0.15, 0.2) is 5.82 Å². The molecule has 0 aliphatic heterocycles. The molecule has 4 rings (SSSR count). The Morgan fingerprint density at radius 2 is 2.15 bits per heavy atom. The van der Waals surface area contributed by atoms with Gasteiger partial charge < -0.3 is 5.32 Å². The summed E-state index contributed by atoms with van der Waals surface area (Å²) in [5.74, 6) is 1.61. The molecule has 1 N–H and O–H groups in total. The van der Waals surface area contributed by atoms with Gasteiger partial charge in [0.25, 0.3) is 0 Å². The van der Waals surface area contributed by atoms with Crippen molar-refractivity contribution in [3.63, 3.8) is 0 Å². The Bertz CT molecular complexity index is 1080. The Morgan fingerprint density at radius 3 is 2.89 bits per heavy atom. The lowest BCUT2D eigenvalue weighted by Gasteiger charge is -2.16. The lowest BCUT2D eigenvalue weighted by Crippen LogP contribution is -2.20. The highest BCUT2D eigenvalue weighted by Gasteiger charge is 2.23. The third kappa shape index (κ3) is 3.96. The molecule has 3 heterocycles. The molecule has 0 amide bonds. The van der Waals surface area contributed by atoms with E-state index in [-0.39, 0.29) is 11.8 Å². The average molecular weight is 403 g/mol. The molecule has 8 heteroatoms. The van der Waals surface area contributed by atoms with Crippen molar-refractivity contribution in [3.8, 4) is 11.4 Å². The van der Waals surface area contributed by atoms with Crippen molar-refractivity contribution in [2.24, 2.45) is 0 Å². The van der Waals surface area contributed by atoms with Crippen LogP contribution in [0.25, 0.3) is 21.6 Å². The first-order valence-corrected chi connectivity index (χ1v) is 12.0. The Hall–Kier alpha value is -2.06. The molecule has 0 spiro atoms. The number of aryl methyl sites for hydroxylation is 2. The normalized spacial score (nSPS) is 15.0. The molecule has 0 bridgehead atoms. The number of nitrogens with zero attached hydrogens (tertiary/aromatic N) is 3. The summed E-state index contributed by atoms with van der Waals surface area (Å²) in [6.07, 6.45) is 8.63. The zero-order valence-electron chi connectivity index (χ0n) is 15.4.